The highest BCUT2D eigenvalue weighted by atomic mass is 16.5. The van der Waals surface area contributed by atoms with Crippen molar-refractivity contribution in [3.05, 3.63) is 48.0 Å². The summed E-state index contributed by atoms with van der Waals surface area (Å²) in [6.45, 7) is 4.09. The number of ether oxygens (including phenoxy) is 2. The van der Waals surface area contributed by atoms with Crippen LogP contribution in [-0.4, -0.2) is 78.8 Å². The van der Waals surface area contributed by atoms with E-state index in [9.17, 15) is 19.5 Å². The summed E-state index contributed by atoms with van der Waals surface area (Å²) in [5.74, 6) is 0.375. The molecule has 3 atom stereocenters. The van der Waals surface area contributed by atoms with Crippen LogP contribution in [0.2, 0.25) is 0 Å². The number of benzene rings is 2. The van der Waals surface area contributed by atoms with Crippen LogP contribution < -0.4 is 20.1 Å². The first kappa shape index (κ1) is 27.3. The smallest absolute Gasteiger partial charge is 0.321 e. The average molecular weight is 525 g/mol. The number of hydrogen-bond donors (Lipinski definition) is 3. The molecule has 1 aliphatic carbocycles. The van der Waals surface area contributed by atoms with E-state index in [1.165, 1.54) is 4.90 Å². The molecule has 10 nitrogen and oxygen atoms in total. The van der Waals surface area contributed by atoms with Gasteiger partial charge in [0.05, 0.1) is 37.6 Å². The zero-order chi connectivity index (χ0) is 27.4. The molecule has 3 N–H and O–H groups in total. The third kappa shape index (κ3) is 6.19. The summed E-state index contributed by atoms with van der Waals surface area (Å²) in [6.07, 6.45) is 1.19. The van der Waals surface area contributed by atoms with Gasteiger partial charge >= 0.3 is 6.03 Å². The van der Waals surface area contributed by atoms with Crippen molar-refractivity contribution < 1.29 is 29.0 Å². The summed E-state index contributed by atoms with van der Waals surface area (Å²) in [7, 11) is 3.25. The Morgan fingerprint density at radius 1 is 1.18 bits per heavy atom. The van der Waals surface area contributed by atoms with Crippen LogP contribution in [0.3, 0.4) is 0 Å². The minimum Gasteiger partial charge on any atom is -0.497 e. The van der Waals surface area contributed by atoms with E-state index in [0.29, 0.717) is 29.2 Å². The molecule has 0 saturated heterocycles. The lowest BCUT2D eigenvalue weighted by Gasteiger charge is -2.38. The molecule has 1 aliphatic heterocycles. The monoisotopic (exact) mass is 524 g/mol. The largest absolute Gasteiger partial charge is 0.497 e. The molecule has 1 heterocycles. The number of hydrogen-bond acceptors (Lipinski definition) is 6. The van der Waals surface area contributed by atoms with Crippen LogP contribution in [0.5, 0.6) is 11.5 Å². The third-order valence-electron chi connectivity index (χ3n) is 7.04. The van der Waals surface area contributed by atoms with Gasteiger partial charge in [-0.25, -0.2) is 4.79 Å². The number of likely N-dealkylation sites (N-methyl/N-ethyl adjacent to an activating group) is 1. The topological polar surface area (TPSA) is 120 Å². The Morgan fingerprint density at radius 3 is 2.53 bits per heavy atom. The molecule has 4 amide bonds. The van der Waals surface area contributed by atoms with Crippen LogP contribution >= 0.6 is 0 Å². The highest BCUT2D eigenvalue weighted by Gasteiger charge is 2.36. The number of nitrogens with one attached hydrogen (secondary N) is 2. The Hall–Kier alpha value is -3.79. The van der Waals surface area contributed by atoms with Crippen molar-refractivity contribution in [1.82, 2.24) is 9.80 Å². The summed E-state index contributed by atoms with van der Waals surface area (Å²) in [5, 5.41) is 15.6. The molecule has 0 spiro atoms. The summed E-state index contributed by atoms with van der Waals surface area (Å²) in [4.78, 5) is 42.3. The van der Waals surface area contributed by atoms with Crippen molar-refractivity contribution in [2.75, 3.05) is 44.5 Å². The van der Waals surface area contributed by atoms with Gasteiger partial charge in [-0.05, 0) is 56.2 Å². The summed E-state index contributed by atoms with van der Waals surface area (Å²) in [6, 6.07) is 11.4. The number of rotatable bonds is 8. The Labute approximate surface area is 222 Å². The minimum atomic E-state index is -0.499. The fourth-order valence-corrected chi connectivity index (χ4v) is 4.39. The summed E-state index contributed by atoms with van der Waals surface area (Å²) in [5.41, 5.74) is 1.35. The molecule has 204 valence electrons. The molecule has 1 saturated carbocycles. The van der Waals surface area contributed by atoms with E-state index in [4.69, 9.17) is 9.47 Å². The zero-order valence-corrected chi connectivity index (χ0v) is 22.3. The predicted octanol–water partition coefficient (Wildman–Crippen LogP) is 3.43. The van der Waals surface area contributed by atoms with Crippen molar-refractivity contribution in [2.24, 2.45) is 11.8 Å². The van der Waals surface area contributed by atoms with Crippen LogP contribution in [0, 0.1) is 11.8 Å². The number of urea groups is 1. The van der Waals surface area contributed by atoms with Gasteiger partial charge in [-0.3, -0.25) is 9.59 Å². The van der Waals surface area contributed by atoms with E-state index in [-0.39, 0.29) is 48.6 Å². The Morgan fingerprint density at radius 2 is 1.89 bits per heavy atom. The van der Waals surface area contributed by atoms with E-state index in [0.717, 1.165) is 12.8 Å². The van der Waals surface area contributed by atoms with Gasteiger partial charge in [0.15, 0.2) is 5.75 Å². The molecule has 2 aromatic rings. The van der Waals surface area contributed by atoms with E-state index < -0.39 is 12.1 Å². The highest BCUT2D eigenvalue weighted by molar-refractivity contribution is 6.02. The van der Waals surface area contributed by atoms with Gasteiger partial charge < -0.3 is 35.0 Å². The normalized spacial score (nSPS) is 19.8. The lowest BCUT2D eigenvalue weighted by Crippen LogP contribution is -2.50. The maximum Gasteiger partial charge on any atom is 0.321 e. The van der Waals surface area contributed by atoms with Crippen molar-refractivity contribution in [2.45, 2.75) is 38.8 Å². The summed E-state index contributed by atoms with van der Waals surface area (Å²) < 4.78 is 11.6. The molecule has 10 heteroatoms. The second-order valence-corrected chi connectivity index (χ2v) is 10.1. The zero-order valence-electron chi connectivity index (χ0n) is 22.3. The molecule has 4 rings (SSSR count). The molecular weight excluding hydrogens is 488 g/mol. The van der Waals surface area contributed by atoms with Crippen molar-refractivity contribution >= 4 is 29.2 Å². The standard InChI is InChI=1S/C28H36N4O6/c1-17-14-32(18(2)16-33)27(35)22-6-5-7-23(30-26(34)19-8-9-19)25(22)38-24(17)15-31(3)28(36)29-20-10-12-21(37-4)13-11-20/h5-7,10-13,17-19,24,33H,8-9,14-16H2,1-4H3,(H,29,36)(H,30,34)/t17-,18-,24+/m1/s1. The molecule has 2 aliphatic rings. The van der Waals surface area contributed by atoms with Crippen molar-refractivity contribution in [1.29, 1.82) is 0 Å². The maximum atomic E-state index is 13.5. The first-order valence-electron chi connectivity index (χ1n) is 12.9. The van der Waals surface area contributed by atoms with Crippen LogP contribution in [0.15, 0.2) is 42.5 Å². The van der Waals surface area contributed by atoms with Crippen LogP contribution in [0.1, 0.15) is 37.0 Å². The van der Waals surface area contributed by atoms with Gasteiger partial charge in [-0.15, -0.1) is 0 Å². The quantitative estimate of drug-likeness (QED) is 0.487. The number of carbonyl (C=O) groups is 3. The maximum absolute atomic E-state index is 13.5. The number of fused-ring (bicyclic) bond motifs is 1. The fourth-order valence-electron chi connectivity index (χ4n) is 4.39. The molecule has 1 fully saturated rings. The predicted molar refractivity (Wildman–Crippen MR) is 144 cm³/mol. The fraction of sp³-hybridized carbons (Fsp3) is 0.464. The van der Waals surface area contributed by atoms with Gasteiger partial charge in [0.25, 0.3) is 5.91 Å². The molecule has 0 unspecified atom stereocenters. The van der Waals surface area contributed by atoms with E-state index in [1.807, 2.05) is 6.92 Å². The number of anilines is 2. The van der Waals surface area contributed by atoms with Gasteiger partial charge in [-0.1, -0.05) is 13.0 Å². The van der Waals surface area contributed by atoms with Gasteiger partial charge in [0.1, 0.15) is 11.9 Å². The van der Waals surface area contributed by atoms with Gasteiger partial charge in [0, 0.05) is 31.1 Å². The number of methoxy groups -OCH3 is 1. The van der Waals surface area contributed by atoms with E-state index in [1.54, 1.807) is 68.4 Å². The highest BCUT2D eigenvalue weighted by Crippen LogP contribution is 2.37. The molecule has 0 aromatic heterocycles. The number of amides is 4. The summed E-state index contributed by atoms with van der Waals surface area (Å²) >= 11 is 0. The Kier molecular flexibility index (Phi) is 8.41. The minimum absolute atomic E-state index is 0.0245. The van der Waals surface area contributed by atoms with E-state index in [2.05, 4.69) is 10.6 Å². The second kappa shape index (κ2) is 11.7. The lowest BCUT2D eigenvalue weighted by molar-refractivity contribution is -0.117. The molecule has 0 bridgehead atoms. The lowest BCUT2D eigenvalue weighted by atomic mass is 9.99. The number of aliphatic hydroxyl groups is 1. The number of carbonyl (C=O) groups excluding carboxylic acids is 3. The second-order valence-electron chi connectivity index (χ2n) is 10.1. The number of nitrogens with zero attached hydrogens (tertiary/aromatic N) is 2. The molecule has 38 heavy (non-hydrogen) atoms. The van der Waals surface area contributed by atoms with Crippen molar-refractivity contribution in [3.63, 3.8) is 0 Å². The SMILES string of the molecule is COc1ccc(NC(=O)N(C)C[C@@H]2Oc3c(NC(=O)C4CC4)cccc3C(=O)N([C@H](C)CO)C[C@H]2C)cc1. The van der Waals surface area contributed by atoms with Crippen LogP contribution in [0.25, 0.3) is 0 Å². The number of para-hydroxylation sites is 1. The van der Waals surface area contributed by atoms with E-state index >= 15 is 0 Å². The average Bonchev–Trinajstić information content (AvgIpc) is 3.76. The van der Waals surface area contributed by atoms with Crippen LogP contribution in [0.4, 0.5) is 16.2 Å². The molecular formula is C28H36N4O6. The van der Waals surface area contributed by atoms with Gasteiger partial charge in [0.2, 0.25) is 5.91 Å². The van der Waals surface area contributed by atoms with Crippen molar-refractivity contribution in [3.8, 4) is 11.5 Å². The Balaban J connectivity index is 1.59. The first-order valence-corrected chi connectivity index (χ1v) is 12.9. The Bertz CT molecular complexity index is 1170. The first-order chi connectivity index (χ1) is 18.2. The molecule has 0 radical (unpaired) electrons. The van der Waals surface area contributed by atoms with Crippen LogP contribution in [-0.2, 0) is 4.79 Å². The third-order valence-corrected chi connectivity index (χ3v) is 7.04. The number of aliphatic hydroxyl groups excluding tert-OH is 1. The van der Waals surface area contributed by atoms with Gasteiger partial charge in [-0.2, -0.15) is 0 Å². The molecule has 2 aromatic carbocycles.